The number of hydrogen-bond donors (Lipinski definition) is 1. The molecule has 120 valence electrons. The number of ether oxygens (including phenoxy) is 2. The van der Waals surface area contributed by atoms with Crippen LogP contribution in [0.4, 0.5) is 0 Å². The Kier molecular flexibility index (Phi) is 4.25. The predicted octanol–water partition coefficient (Wildman–Crippen LogP) is 2.43. The van der Waals surface area contributed by atoms with Crippen molar-refractivity contribution in [1.29, 1.82) is 0 Å². The minimum atomic E-state index is 0.131. The number of rotatable bonds is 4. The van der Waals surface area contributed by atoms with Crippen LogP contribution in [0.3, 0.4) is 0 Å². The molecule has 3 rings (SSSR count). The molecule has 5 nitrogen and oxygen atoms in total. The standard InChI is InChI=1S/C17H25N3O2/c1-11(2)22-15-6-5-12(9-16(15)21-4)17-13-10-20(3)8-7-14(13)18-19-17/h5-6,9,11,13,17,19H,7-8,10H2,1-4H3. The fourth-order valence-corrected chi connectivity index (χ4v) is 3.24. The SMILES string of the molecule is COc1cc(C2NN=C3CCN(C)CC32)ccc1OC(C)C. The van der Waals surface area contributed by atoms with E-state index in [9.17, 15) is 0 Å². The second-order valence-electron chi connectivity index (χ2n) is 6.41. The number of benzene rings is 1. The lowest BCUT2D eigenvalue weighted by atomic mass is 9.86. The van der Waals surface area contributed by atoms with Crippen LogP contribution in [0.1, 0.15) is 31.9 Å². The smallest absolute Gasteiger partial charge is 0.161 e. The van der Waals surface area contributed by atoms with Crippen LogP contribution >= 0.6 is 0 Å². The molecule has 0 radical (unpaired) electrons. The zero-order chi connectivity index (χ0) is 15.7. The van der Waals surface area contributed by atoms with Gasteiger partial charge in [-0.25, -0.2) is 0 Å². The van der Waals surface area contributed by atoms with Crippen molar-refractivity contribution in [2.24, 2.45) is 11.0 Å². The molecule has 0 aromatic heterocycles. The Morgan fingerprint density at radius 3 is 2.86 bits per heavy atom. The van der Waals surface area contributed by atoms with Crippen LogP contribution in [0.25, 0.3) is 0 Å². The third kappa shape index (κ3) is 2.90. The van der Waals surface area contributed by atoms with Gasteiger partial charge in [-0.05, 0) is 38.6 Å². The van der Waals surface area contributed by atoms with Crippen molar-refractivity contribution in [1.82, 2.24) is 10.3 Å². The Bertz CT molecular complexity index is 571. The topological polar surface area (TPSA) is 46.1 Å². The molecule has 1 saturated heterocycles. The van der Waals surface area contributed by atoms with Crippen molar-refractivity contribution < 1.29 is 9.47 Å². The Morgan fingerprint density at radius 2 is 2.14 bits per heavy atom. The number of hydrazone groups is 1. The summed E-state index contributed by atoms with van der Waals surface area (Å²) in [5, 5.41) is 4.54. The molecular weight excluding hydrogens is 278 g/mol. The van der Waals surface area contributed by atoms with E-state index in [1.165, 1.54) is 11.3 Å². The number of fused-ring (bicyclic) bond motifs is 1. The van der Waals surface area contributed by atoms with Crippen molar-refractivity contribution in [2.75, 3.05) is 27.2 Å². The first-order chi connectivity index (χ1) is 10.6. The van der Waals surface area contributed by atoms with Crippen LogP contribution in [0.5, 0.6) is 11.5 Å². The maximum Gasteiger partial charge on any atom is 0.161 e. The molecule has 1 aromatic rings. The summed E-state index contributed by atoms with van der Waals surface area (Å²) in [5.41, 5.74) is 5.81. The lowest BCUT2D eigenvalue weighted by molar-refractivity contribution is 0.229. The maximum atomic E-state index is 5.80. The zero-order valence-corrected chi connectivity index (χ0v) is 13.8. The van der Waals surface area contributed by atoms with Crippen molar-refractivity contribution in [3.05, 3.63) is 23.8 Å². The van der Waals surface area contributed by atoms with E-state index >= 15 is 0 Å². The Morgan fingerprint density at radius 1 is 1.32 bits per heavy atom. The van der Waals surface area contributed by atoms with Crippen molar-refractivity contribution in [3.8, 4) is 11.5 Å². The van der Waals surface area contributed by atoms with E-state index in [1.807, 2.05) is 19.9 Å². The molecule has 2 aliphatic rings. The first-order valence-electron chi connectivity index (χ1n) is 7.93. The first-order valence-corrected chi connectivity index (χ1v) is 7.93. The summed E-state index contributed by atoms with van der Waals surface area (Å²) in [4.78, 5) is 2.37. The van der Waals surface area contributed by atoms with Gasteiger partial charge in [-0.15, -0.1) is 0 Å². The van der Waals surface area contributed by atoms with Crippen LogP contribution in [0, 0.1) is 5.92 Å². The summed E-state index contributed by atoms with van der Waals surface area (Å²) < 4.78 is 11.3. The lowest BCUT2D eigenvalue weighted by Crippen LogP contribution is -2.39. The highest BCUT2D eigenvalue weighted by Gasteiger charge is 2.36. The van der Waals surface area contributed by atoms with E-state index in [2.05, 4.69) is 34.6 Å². The van der Waals surface area contributed by atoms with Crippen LogP contribution in [0.2, 0.25) is 0 Å². The third-order valence-corrected chi connectivity index (χ3v) is 4.35. The molecule has 0 spiro atoms. The minimum Gasteiger partial charge on any atom is -0.493 e. The van der Waals surface area contributed by atoms with Crippen molar-refractivity contribution in [2.45, 2.75) is 32.4 Å². The molecule has 0 aliphatic carbocycles. The van der Waals surface area contributed by atoms with E-state index in [4.69, 9.17) is 9.47 Å². The second-order valence-corrected chi connectivity index (χ2v) is 6.41. The highest BCUT2D eigenvalue weighted by molar-refractivity contribution is 5.89. The summed E-state index contributed by atoms with van der Waals surface area (Å²) in [6.07, 6.45) is 1.18. The van der Waals surface area contributed by atoms with Gasteiger partial charge in [0.15, 0.2) is 11.5 Å². The van der Waals surface area contributed by atoms with Crippen molar-refractivity contribution >= 4 is 5.71 Å². The molecular formula is C17H25N3O2. The Hall–Kier alpha value is -1.75. The van der Waals surface area contributed by atoms with Gasteiger partial charge in [-0.3, -0.25) is 0 Å². The Balaban J connectivity index is 1.83. The van der Waals surface area contributed by atoms with E-state index in [0.29, 0.717) is 5.92 Å². The van der Waals surface area contributed by atoms with E-state index in [-0.39, 0.29) is 12.1 Å². The molecule has 2 heterocycles. The molecule has 0 bridgehead atoms. The van der Waals surface area contributed by atoms with Gasteiger partial charge in [0.25, 0.3) is 0 Å². The molecule has 0 saturated carbocycles. The predicted molar refractivity (Wildman–Crippen MR) is 87.7 cm³/mol. The quantitative estimate of drug-likeness (QED) is 0.928. The summed E-state index contributed by atoms with van der Waals surface area (Å²) in [6, 6.07) is 6.41. The van der Waals surface area contributed by atoms with Crippen LogP contribution < -0.4 is 14.9 Å². The molecule has 5 heteroatoms. The summed E-state index contributed by atoms with van der Waals surface area (Å²) >= 11 is 0. The highest BCUT2D eigenvalue weighted by Crippen LogP contribution is 2.36. The van der Waals surface area contributed by atoms with Gasteiger partial charge in [-0.2, -0.15) is 5.10 Å². The fourth-order valence-electron chi connectivity index (χ4n) is 3.24. The number of methoxy groups -OCH3 is 1. The average Bonchev–Trinajstić information content (AvgIpc) is 2.90. The summed E-state index contributed by atoms with van der Waals surface area (Å²) in [7, 11) is 3.86. The first kappa shape index (κ1) is 15.2. The van der Waals surface area contributed by atoms with Crippen molar-refractivity contribution in [3.63, 3.8) is 0 Å². The van der Waals surface area contributed by atoms with Gasteiger partial charge in [-0.1, -0.05) is 6.07 Å². The summed E-state index contributed by atoms with van der Waals surface area (Å²) in [5.74, 6) is 2.02. The Labute approximate surface area is 132 Å². The summed E-state index contributed by atoms with van der Waals surface area (Å²) in [6.45, 7) is 6.17. The van der Waals surface area contributed by atoms with E-state index < -0.39 is 0 Å². The number of likely N-dealkylation sites (tertiary alicyclic amines) is 1. The van der Waals surface area contributed by atoms with Gasteiger partial charge in [0, 0.05) is 31.1 Å². The largest absolute Gasteiger partial charge is 0.493 e. The molecule has 2 atom stereocenters. The van der Waals surface area contributed by atoms with Crippen LogP contribution in [-0.4, -0.2) is 44.0 Å². The number of nitrogens with zero attached hydrogens (tertiary/aromatic N) is 2. The van der Waals surface area contributed by atoms with Gasteiger partial charge in [0.1, 0.15) is 0 Å². The molecule has 1 N–H and O–H groups in total. The van der Waals surface area contributed by atoms with Gasteiger partial charge < -0.3 is 19.8 Å². The second kappa shape index (κ2) is 6.16. The zero-order valence-electron chi connectivity index (χ0n) is 13.8. The normalized spacial score (nSPS) is 24.7. The molecule has 22 heavy (non-hydrogen) atoms. The molecule has 0 amide bonds. The average molecular weight is 303 g/mol. The van der Waals surface area contributed by atoms with Gasteiger partial charge >= 0.3 is 0 Å². The lowest BCUT2D eigenvalue weighted by Gasteiger charge is -2.31. The number of nitrogens with one attached hydrogen (secondary N) is 1. The molecule has 2 unspecified atom stereocenters. The van der Waals surface area contributed by atoms with E-state index in [0.717, 1.165) is 31.0 Å². The fraction of sp³-hybridized carbons (Fsp3) is 0.588. The van der Waals surface area contributed by atoms with Crippen LogP contribution in [-0.2, 0) is 0 Å². The number of hydrogen-bond acceptors (Lipinski definition) is 5. The van der Waals surface area contributed by atoms with Gasteiger partial charge in [0.05, 0.1) is 19.3 Å². The minimum absolute atomic E-state index is 0.131. The molecule has 2 aliphatic heterocycles. The monoisotopic (exact) mass is 303 g/mol. The molecule has 1 fully saturated rings. The molecule has 1 aromatic carbocycles. The third-order valence-electron chi connectivity index (χ3n) is 4.35. The highest BCUT2D eigenvalue weighted by atomic mass is 16.5. The maximum absolute atomic E-state index is 5.80. The van der Waals surface area contributed by atoms with Crippen LogP contribution in [0.15, 0.2) is 23.3 Å². The number of piperidine rings is 1. The van der Waals surface area contributed by atoms with E-state index in [1.54, 1.807) is 7.11 Å². The van der Waals surface area contributed by atoms with Gasteiger partial charge in [0.2, 0.25) is 0 Å².